The van der Waals surface area contributed by atoms with Gasteiger partial charge in [-0.3, -0.25) is 4.79 Å². The number of rotatable bonds is 9. The molecule has 2 N–H and O–H groups in total. The molecule has 1 aliphatic rings. The number of hydrogen-bond acceptors (Lipinski definition) is 3. The largest absolute Gasteiger partial charge is 0.352 e. The van der Waals surface area contributed by atoms with Crippen LogP contribution in [-0.4, -0.2) is 27.4 Å². The van der Waals surface area contributed by atoms with Crippen LogP contribution in [0, 0.1) is 5.92 Å². The molecule has 0 aliphatic heterocycles. The highest BCUT2D eigenvalue weighted by Crippen LogP contribution is 2.20. The van der Waals surface area contributed by atoms with E-state index in [0.29, 0.717) is 24.6 Å². The number of benzene rings is 1. The van der Waals surface area contributed by atoms with E-state index in [1.165, 1.54) is 30.5 Å². The molecule has 26 heavy (non-hydrogen) atoms. The Morgan fingerprint density at radius 1 is 1.19 bits per heavy atom. The van der Waals surface area contributed by atoms with Crippen LogP contribution in [0.25, 0.3) is 0 Å². The quantitative estimate of drug-likeness (QED) is 0.644. The van der Waals surface area contributed by atoms with Crippen LogP contribution in [0.3, 0.4) is 0 Å². The fraction of sp³-hybridized carbons (Fsp3) is 0.550. The topological polar surface area (TPSA) is 75.3 Å². The molecule has 2 rings (SSSR count). The van der Waals surface area contributed by atoms with E-state index >= 15 is 0 Å². The zero-order valence-corrected chi connectivity index (χ0v) is 16.6. The standard InChI is InChI=1S/C20H30N2O3S/c1-16(2)11-13-21-20(23)18-9-6-10-19(15-18)26(24,25)22-14-12-17-7-4-3-5-8-17/h6-7,9-10,15-16,22H,3-5,8,11-14H2,1-2H3,(H,21,23). The van der Waals surface area contributed by atoms with Crippen LogP contribution >= 0.6 is 0 Å². The minimum Gasteiger partial charge on any atom is -0.352 e. The molecule has 6 heteroatoms. The molecular weight excluding hydrogens is 348 g/mol. The molecule has 0 radical (unpaired) electrons. The molecular formula is C20H30N2O3S. The van der Waals surface area contributed by atoms with Gasteiger partial charge in [0.05, 0.1) is 4.90 Å². The average molecular weight is 379 g/mol. The number of allylic oxidation sites excluding steroid dienone is 1. The lowest BCUT2D eigenvalue weighted by atomic mass is 9.97. The maximum atomic E-state index is 12.5. The smallest absolute Gasteiger partial charge is 0.251 e. The first-order valence-corrected chi connectivity index (χ1v) is 10.9. The van der Waals surface area contributed by atoms with E-state index < -0.39 is 10.0 Å². The Hall–Kier alpha value is -1.66. The molecule has 0 fully saturated rings. The van der Waals surface area contributed by atoms with E-state index in [4.69, 9.17) is 0 Å². The summed E-state index contributed by atoms with van der Waals surface area (Å²) in [5.74, 6) is 0.264. The van der Waals surface area contributed by atoms with Gasteiger partial charge in [0.25, 0.3) is 5.91 Å². The summed E-state index contributed by atoms with van der Waals surface area (Å²) in [6, 6.07) is 6.20. The summed E-state index contributed by atoms with van der Waals surface area (Å²) in [6.45, 7) is 5.16. The number of carbonyl (C=O) groups excluding carboxylic acids is 1. The molecule has 0 bridgehead atoms. The van der Waals surface area contributed by atoms with Crippen molar-refractivity contribution in [1.82, 2.24) is 10.0 Å². The van der Waals surface area contributed by atoms with Gasteiger partial charge in [-0.05, 0) is 62.6 Å². The summed E-state index contributed by atoms with van der Waals surface area (Å²) < 4.78 is 27.6. The lowest BCUT2D eigenvalue weighted by Crippen LogP contribution is -2.27. The van der Waals surface area contributed by atoms with Crippen molar-refractivity contribution in [3.05, 3.63) is 41.5 Å². The molecule has 1 aliphatic carbocycles. The van der Waals surface area contributed by atoms with Gasteiger partial charge in [-0.1, -0.05) is 31.6 Å². The third-order valence-corrected chi connectivity index (χ3v) is 6.00. The molecule has 0 unspecified atom stereocenters. The van der Waals surface area contributed by atoms with Gasteiger partial charge < -0.3 is 5.32 Å². The predicted molar refractivity (Wildman–Crippen MR) is 105 cm³/mol. The maximum absolute atomic E-state index is 12.5. The van der Waals surface area contributed by atoms with Crippen LogP contribution in [0.4, 0.5) is 0 Å². The van der Waals surface area contributed by atoms with E-state index in [1.54, 1.807) is 12.1 Å². The van der Waals surface area contributed by atoms with Crippen molar-refractivity contribution in [3.8, 4) is 0 Å². The van der Waals surface area contributed by atoms with Gasteiger partial charge in [-0.15, -0.1) is 0 Å². The van der Waals surface area contributed by atoms with Crippen molar-refractivity contribution in [2.24, 2.45) is 5.92 Å². The Morgan fingerprint density at radius 2 is 2.00 bits per heavy atom. The molecule has 0 spiro atoms. The second kappa shape index (κ2) is 9.88. The van der Waals surface area contributed by atoms with Gasteiger partial charge in [0, 0.05) is 18.7 Å². The van der Waals surface area contributed by atoms with E-state index in [-0.39, 0.29) is 10.8 Å². The SMILES string of the molecule is CC(C)CCNC(=O)c1cccc(S(=O)(=O)NCCC2=CCCCC2)c1. The fourth-order valence-electron chi connectivity index (χ4n) is 2.94. The highest BCUT2D eigenvalue weighted by molar-refractivity contribution is 7.89. The molecule has 1 aromatic rings. The number of sulfonamides is 1. The zero-order valence-electron chi connectivity index (χ0n) is 15.8. The molecule has 5 nitrogen and oxygen atoms in total. The second-order valence-electron chi connectivity index (χ2n) is 7.22. The van der Waals surface area contributed by atoms with Crippen molar-refractivity contribution in [2.75, 3.05) is 13.1 Å². The third-order valence-electron chi connectivity index (χ3n) is 4.54. The van der Waals surface area contributed by atoms with Gasteiger partial charge in [-0.25, -0.2) is 13.1 Å². The molecule has 0 atom stereocenters. The molecule has 144 valence electrons. The van der Waals surface area contributed by atoms with Crippen molar-refractivity contribution in [1.29, 1.82) is 0 Å². The van der Waals surface area contributed by atoms with Crippen LogP contribution in [0.2, 0.25) is 0 Å². The molecule has 0 heterocycles. The second-order valence-corrected chi connectivity index (χ2v) is 8.99. The van der Waals surface area contributed by atoms with Gasteiger partial charge >= 0.3 is 0 Å². The Kier molecular flexibility index (Phi) is 7.85. The Bertz CT molecular complexity index is 739. The molecule has 0 saturated carbocycles. The summed E-state index contributed by atoms with van der Waals surface area (Å²) in [5, 5.41) is 2.83. The average Bonchev–Trinajstić information content (AvgIpc) is 2.62. The molecule has 0 saturated heterocycles. The number of nitrogens with one attached hydrogen (secondary N) is 2. The zero-order chi connectivity index (χ0) is 19.0. The first kappa shape index (κ1) is 20.6. The van der Waals surface area contributed by atoms with Gasteiger partial charge in [0.2, 0.25) is 10.0 Å². The van der Waals surface area contributed by atoms with Crippen LogP contribution < -0.4 is 10.0 Å². The monoisotopic (exact) mass is 378 g/mol. The van der Waals surface area contributed by atoms with E-state index in [2.05, 4.69) is 30.0 Å². The highest BCUT2D eigenvalue weighted by atomic mass is 32.2. The first-order chi connectivity index (χ1) is 12.4. The van der Waals surface area contributed by atoms with Crippen LogP contribution in [-0.2, 0) is 10.0 Å². The first-order valence-electron chi connectivity index (χ1n) is 9.44. The summed E-state index contributed by atoms with van der Waals surface area (Å²) in [5.41, 5.74) is 1.70. The molecule has 0 aromatic heterocycles. The van der Waals surface area contributed by atoms with Crippen molar-refractivity contribution in [2.45, 2.75) is 57.3 Å². The van der Waals surface area contributed by atoms with E-state index in [9.17, 15) is 13.2 Å². The minimum atomic E-state index is -3.61. The van der Waals surface area contributed by atoms with Crippen LogP contribution in [0.5, 0.6) is 0 Å². The minimum absolute atomic E-state index is 0.131. The van der Waals surface area contributed by atoms with Crippen LogP contribution in [0.1, 0.15) is 62.7 Å². The number of hydrogen-bond donors (Lipinski definition) is 2. The van der Waals surface area contributed by atoms with E-state index in [1.807, 2.05) is 0 Å². The lowest BCUT2D eigenvalue weighted by molar-refractivity contribution is 0.0952. The lowest BCUT2D eigenvalue weighted by Gasteiger charge is -2.13. The van der Waals surface area contributed by atoms with E-state index in [0.717, 1.165) is 25.7 Å². The predicted octanol–water partition coefficient (Wildman–Crippen LogP) is 3.63. The number of amides is 1. The van der Waals surface area contributed by atoms with Gasteiger partial charge in [-0.2, -0.15) is 0 Å². The number of carbonyl (C=O) groups is 1. The Labute approximate surface area is 157 Å². The van der Waals surface area contributed by atoms with Crippen molar-refractivity contribution in [3.63, 3.8) is 0 Å². The highest BCUT2D eigenvalue weighted by Gasteiger charge is 2.16. The van der Waals surface area contributed by atoms with Crippen molar-refractivity contribution >= 4 is 15.9 Å². The molecule has 1 aromatic carbocycles. The normalized spacial score (nSPS) is 15.0. The summed E-state index contributed by atoms with van der Waals surface area (Å²) in [6.07, 6.45) is 8.42. The third kappa shape index (κ3) is 6.57. The van der Waals surface area contributed by atoms with Crippen molar-refractivity contribution < 1.29 is 13.2 Å². The summed E-state index contributed by atoms with van der Waals surface area (Å²) in [4.78, 5) is 12.3. The molecule has 1 amide bonds. The fourth-order valence-corrected chi connectivity index (χ4v) is 4.02. The summed E-state index contributed by atoms with van der Waals surface area (Å²) >= 11 is 0. The Balaban J connectivity index is 1.93. The van der Waals surface area contributed by atoms with Gasteiger partial charge in [0.15, 0.2) is 0 Å². The summed E-state index contributed by atoms with van der Waals surface area (Å²) in [7, 11) is -3.61. The van der Waals surface area contributed by atoms with Crippen LogP contribution in [0.15, 0.2) is 40.8 Å². The Morgan fingerprint density at radius 3 is 2.69 bits per heavy atom. The maximum Gasteiger partial charge on any atom is 0.251 e. The van der Waals surface area contributed by atoms with Gasteiger partial charge in [0.1, 0.15) is 0 Å².